The second-order valence-electron chi connectivity index (χ2n) is 8.14. The Morgan fingerprint density at radius 1 is 1.00 bits per heavy atom. The summed E-state index contributed by atoms with van der Waals surface area (Å²) in [5, 5.41) is 0. The Morgan fingerprint density at radius 2 is 1.61 bits per heavy atom. The molecule has 156 valence electrons. The Hall–Kier alpha value is -1.59. The van der Waals surface area contributed by atoms with E-state index in [1.165, 1.54) is 25.7 Å². The average Bonchev–Trinajstić information content (AvgIpc) is 3.08. The Balaban J connectivity index is 0.00000280. The van der Waals surface area contributed by atoms with Gasteiger partial charge in [-0.25, -0.2) is 0 Å². The first-order valence-corrected chi connectivity index (χ1v) is 10.4. The van der Waals surface area contributed by atoms with Crippen LogP contribution in [-0.2, 0) is 9.59 Å². The molecule has 2 N–H and O–H groups in total. The van der Waals surface area contributed by atoms with Crippen LogP contribution in [0.2, 0.25) is 0 Å². The highest BCUT2D eigenvalue weighted by atomic mass is 35.5. The van der Waals surface area contributed by atoms with E-state index in [1.807, 2.05) is 47.1 Å². The number of benzene rings is 1. The van der Waals surface area contributed by atoms with Gasteiger partial charge in [-0.15, -0.1) is 12.4 Å². The fourth-order valence-electron chi connectivity index (χ4n) is 4.38. The Labute approximate surface area is 175 Å². The van der Waals surface area contributed by atoms with E-state index in [-0.39, 0.29) is 36.2 Å². The summed E-state index contributed by atoms with van der Waals surface area (Å²) in [6.07, 6.45) is 6.44. The molecule has 0 aromatic heterocycles. The van der Waals surface area contributed by atoms with E-state index in [0.717, 1.165) is 18.5 Å². The molecule has 1 aliphatic heterocycles. The predicted molar refractivity (Wildman–Crippen MR) is 114 cm³/mol. The van der Waals surface area contributed by atoms with E-state index in [2.05, 4.69) is 0 Å². The Kier molecular flexibility index (Phi) is 8.77. The molecule has 1 aliphatic carbocycles. The maximum atomic E-state index is 13.0. The van der Waals surface area contributed by atoms with Gasteiger partial charge in [-0.05, 0) is 30.7 Å². The molecule has 2 amide bonds. The van der Waals surface area contributed by atoms with Crippen molar-refractivity contribution in [2.24, 2.45) is 17.6 Å². The first kappa shape index (κ1) is 22.7. The van der Waals surface area contributed by atoms with Crippen molar-refractivity contribution in [3.63, 3.8) is 0 Å². The highest BCUT2D eigenvalue weighted by Gasteiger charge is 2.29. The molecule has 1 heterocycles. The summed E-state index contributed by atoms with van der Waals surface area (Å²) >= 11 is 0. The lowest BCUT2D eigenvalue weighted by atomic mass is 9.94. The van der Waals surface area contributed by atoms with Gasteiger partial charge in [-0.3, -0.25) is 9.59 Å². The van der Waals surface area contributed by atoms with Crippen molar-refractivity contribution in [1.29, 1.82) is 0 Å². The van der Waals surface area contributed by atoms with Gasteiger partial charge in [-0.2, -0.15) is 0 Å². The summed E-state index contributed by atoms with van der Waals surface area (Å²) in [6, 6.07) is 9.50. The van der Waals surface area contributed by atoms with E-state index < -0.39 is 0 Å². The average molecular weight is 408 g/mol. The van der Waals surface area contributed by atoms with Crippen molar-refractivity contribution >= 4 is 24.2 Å². The molecule has 28 heavy (non-hydrogen) atoms. The van der Waals surface area contributed by atoms with E-state index in [4.69, 9.17) is 5.73 Å². The topological polar surface area (TPSA) is 66.6 Å². The summed E-state index contributed by atoms with van der Waals surface area (Å²) in [6.45, 7) is 4.63. The van der Waals surface area contributed by atoms with E-state index in [0.29, 0.717) is 32.0 Å². The van der Waals surface area contributed by atoms with Crippen LogP contribution in [0.4, 0.5) is 0 Å². The van der Waals surface area contributed by atoms with Gasteiger partial charge in [0.05, 0.1) is 5.92 Å². The molecular weight excluding hydrogens is 374 g/mol. The lowest BCUT2D eigenvalue weighted by Gasteiger charge is -2.28. The van der Waals surface area contributed by atoms with Gasteiger partial charge in [0.25, 0.3) is 0 Å². The maximum absolute atomic E-state index is 13.0. The molecule has 0 radical (unpaired) electrons. The molecule has 2 unspecified atom stereocenters. The van der Waals surface area contributed by atoms with Crippen molar-refractivity contribution in [3.05, 3.63) is 35.9 Å². The third kappa shape index (κ3) is 5.71. The molecule has 1 aromatic carbocycles. The van der Waals surface area contributed by atoms with Gasteiger partial charge in [0, 0.05) is 38.6 Å². The van der Waals surface area contributed by atoms with Crippen LogP contribution in [0, 0.1) is 11.8 Å². The van der Waals surface area contributed by atoms with Crippen LogP contribution in [0.1, 0.15) is 57.1 Å². The number of halogens is 1. The van der Waals surface area contributed by atoms with Gasteiger partial charge in [0.15, 0.2) is 0 Å². The van der Waals surface area contributed by atoms with Crippen molar-refractivity contribution in [2.75, 3.05) is 26.2 Å². The number of rotatable bonds is 5. The van der Waals surface area contributed by atoms with Gasteiger partial charge in [0.2, 0.25) is 11.8 Å². The van der Waals surface area contributed by atoms with Crippen molar-refractivity contribution in [1.82, 2.24) is 9.80 Å². The zero-order valence-corrected chi connectivity index (χ0v) is 17.7. The van der Waals surface area contributed by atoms with E-state index >= 15 is 0 Å². The largest absolute Gasteiger partial charge is 0.341 e. The van der Waals surface area contributed by atoms with E-state index in [9.17, 15) is 9.59 Å². The van der Waals surface area contributed by atoms with Crippen molar-refractivity contribution in [2.45, 2.75) is 51.5 Å². The van der Waals surface area contributed by atoms with Gasteiger partial charge >= 0.3 is 0 Å². The highest BCUT2D eigenvalue weighted by Crippen LogP contribution is 2.28. The van der Waals surface area contributed by atoms with Crippen LogP contribution in [-0.4, -0.2) is 47.8 Å². The zero-order chi connectivity index (χ0) is 19.2. The van der Waals surface area contributed by atoms with Crippen molar-refractivity contribution < 1.29 is 9.59 Å². The summed E-state index contributed by atoms with van der Waals surface area (Å²) in [4.78, 5) is 29.4. The molecular formula is C22H34ClN3O2. The summed E-state index contributed by atoms with van der Waals surface area (Å²) in [5.41, 5.74) is 7.33. The second-order valence-corrected chi connectivity index (χ2v) is 8.14. The molecule has 1 aromatic rings. The first-order chi connectivity index (χ1) is 13.1. The summed E-state index contributed by atoms with van der Waals surface area (Å²) in [7, 11) is 0. The number of hydrogen-bond donors (Lipinski definition) is 1. The molecule has 2 atom stereocenters. The number of carbonyl (C=O) groups is 2. The fraction of sp³-hybridized carbons (Fsp3) is 0.636. The van der Waals surface area contributed by atoms with Crippen LogP contribution in [0.3, 0.4) is 0 Å². The van der Waals surface area contributed by atoms with Crippen LogP contribution in [0.25, 0.3) is 0 Å². The Morgan fingerprint density at radius 3 is 2.29 bits per heavy atom. The molecule has 6 heteroatoms. The van der Waals surface area contributed by atoms with Gasteiger partial charge in [0.1, 0.15) is 0 Å². The molecule has 1 saturated heterocycles. The standard InChI is InChI=1S/C22H33N3O2.ClH/c1-17(21(23)19-10-3-2-4-11-19)22(27)25-13-7-12-24(14-15-25)20(26)16-18-8-5-6-9-18;/h2-4,10-11,17-18,21H,5-9,12-16,23H2,1H3;1H. The third-order valence-corrected chi connectivity index (χ3v) is 6.21. The first-order valence-electron chi connectivity index (χ1n) is 10.4. The minimum atomic E-state index is -0.304. The quantitative estimate of drug-likeness (QED) is 0.813. The third-order valence-electron chi connectivity index (χ3n) is 6.21. The predicted octanol–water partition coefficient (Wildman–Crippen LogP) is 3.39. The summed E-state index contributed by atoms with van der Waals surface area (Å²) in [5.74, 6) is 0.664. The van der Waals surface area contributed by atoms with Crippen LogP contribution < -0.4 is 5.73 Å². The minimum absolute atomic E-state index is 0. The molecule has 2 fully saturated rings. The van der Waals surface area contributed by atoms with Gasteiger partial charge < -0.3 is 15.5 Å². The maximum Gasteiger partial charge on any atom is 0.227 e. The van der Waals surface area contributed by atoms with Crippen molar-refractivity contribution in [3.8, 4) is 0 Å². The number of amides is 2. The SMILES string of the molecule is CC(C(=O)N1CCCN(C(=O)CC2CCCC2)CC1)C(N)c1ccccc1.Cl. The summed E-state index contributed by atoms with van der Waals surface area (Å²) < 4.78 is 0. The van der Waals surface area contributed by atoms with E-state index in [1.54, 1.807) is 0 Å². The lowest BCUT2D eigenvalue weighted by molar-refractivity contribution is -0.136. The molecule has 1 saturated carbocycles. The van der Waals surface area contributed by atoms with Gasteiger partial charge in [-0.1, -0.05) is 50.1 Å². The smallest absolute Gasteiger partial charge is 0.227 e. The molecule has 2 aliphatic rings. The second kappa shape index (κ2) is 10.8. The fourth-order valence-corrected chi connectivity index (χ4v) is 4.38. The highest BCUT2D eigenvalue weighted by molar-refractivity contribution is 5.85. The Bertz CT molecular complexity index is 634. The molecule has 0 bridgehead atoms. The molecule has 0 spiro atoms. The number of carbonyl (C=O) groups excluding carboxylic acids is 2. The number of nitrogens with zero attached hydrogens (tertiary/aromatic N) is 2. The van der Waals surface area contributed by atoms with Crippen LogP contribution in [0.5, 0.6) is 0 Å². The monoisotopic (exact) mass is 407 g/mol. The minimum Gasteiger partial charge on any atom is -0.341 e. The number of nitrogens with two attached hydrogens (primary N) is 1. The van der Waals surface area contributed by atoms with Crippen LogP contribution >= 0.6 is 12.4 Å². The van der Waals surface area contributed by atoms with Crippen LogP contribution in [0.15, 0.2) is 30.3 Å². The normalized spacial score (nSPS) is 20.2. The zero-order valence-electron chi connectivity index (χ0n) is 16.9. The molecule has 5 nitrogen and oxygen atoms in total. The number of hydrogen-bond acceptors (Lipinski definition) is 3. The molecule has 3 rings (SSSR count). The lowest BCUT2D eigenvalue weighted by Crippen LogP contribution is -2.42.